The Hall–Kier alpha value is -1.36. The highest BCUT2D eigenvalue weighted by molar-refractivity contribution is 7.84. The van der Waals surface area contributed by atoms with Crippen LogP contribution < -0.4 is 5.32 Å². The normalized spacial score (nSPS) is 14.1. The van der Waals surface area contributed by atoms with E-state index in [0.29, 0.717) is 5.75 Å². The topological polar surface area (TPSA) is 66.4 Å². The molecule has 0 aliphatic carbocycles. The lowest BCUT2D eigenvalue weighted by atomic mass is 10.2. The molecule has 1 aromatic carbocycles. The maximum absolute atomic E-state index is 11.0. The average Bonchev–Trinajstić information content (AvgIpc) is 2.16. The second-order valence-electron chi connectivity index (χ2n) is 3.67. The van der Waals surface area contributed by atoms with E-state index in [0.717, 1.165) is 5.69 Å². The minimum Gasteiger partial charge on any atom is -0.478 e. The van der Waals surface area contributed by atoms with E-state index < -0.39 is 16.8 Å². The van der Waals surface area contributed by atoms with Gasteiger partial charge in [0, 0.05) is 34.5 Å². The number of hydrogen-bond donors (Lipinski definition) is 2. The highest BCUT2D eigenvalue weighted by atomic mass is 32.2. The summed E-state index contributed by atoms with van der Waals surface area (Å²) in [5.74, 6) is -0.366. The highest BCUT2D eigenvalue weighted by Crippen LogP contribution is 2.11. The van der Waals surface area contributed by atoms with E-state index in [-0.39, 0.29) is 11.6 Å². The summed E-state index contributed by atoms with van der Waals surface area (Å²) in [4.78, 5) is 10.6. The zero-order valence-electron chi connectivity index (χ0n) is 9.27. The third kappa shape index (κ3) is 4.02. The third-order valence-electron chi connectivity index (χ3n) is 2.03. The Bertz CT molecular complexity index is 389. The smallest absolute Gasteiger partial charge is 0.335 e. The number of aromatic carboxylic acids is 1. The van der Waals surface area contributed by atoms with Crippen LogP contribution in [0.5, 0.6) is 0 Å². The first-order valence-electron chi connectivity index (χ1n) is 4.89. The molecule has 4 nitrogen and oxygen atoms in total. The van der Waals surface area contributed by atoms with E-state index in [1.807, 2.05) is 6.92 Å². The molecule has 0 saturated carbocycles. The molecule has 88 valence electrons. The van der Waals surface area contributed by atoms with Gasteiger partial charge in [0.25, 0.3) is 0 Å². The fraction of sp³-hybridized carbons (Fsp3) is 0.364. The molecule has 0 aliphatic rings. The molecule has 0 amide bonds. The van der Waals surface area contributed by atoms with Crippen LogP contribution in [0.4, 0.5) is 5.69 Å². The van der Waals surface area contributed by atoms with Crippen molar-refractivity contribution in [2.45, 2.75) is 13.0 Å². The van der Waals surface area contributed by atoms with E-state index in [1.165, 1.54) is 0 Å². The van der Waals surface area contributed by atoms with Crippen molar-refractivity contribution in [1.82, 2.24) is 0 Å². The van der Waals surface area contributed by atoms with Gasteiger partial charge in [-0.15, -0.1) is 0 Å². The number of nitrogens with one attached hydrogen (secondary N) is 1. The Balaban J connectivity index is 2.61. The van der Waals surface area contributed by atoms with Gasteiger partial charge in [-0.05, 0) is 31.2 Å². The first-order chi connectivity index (χ1) is 7.49. The monoisotopic (exact) mass is 241 g/mol. The highest BCUT2D eigenvalue weighted by Gasteiger charge is 2.05. The minimum atomic E-state index is -0.936. The molecule has 2 unspecified atom stereocenters. The van der Waals surface area contributed by atoms with Crippen molar-refractivity contribution in [1.29, 1.82) is 0 Å². The summed E-state index contributed by atoms with van der Waals surface area (Å²) in [6, 6.07) is 6.60. The number of benzene rings is 1. The standard InChI is InChI=1S/C11H15NO3S/c1-8(7-16(2)15)12-10-5-3-9(4-6-10)11(13)14/h3-6,8,12H,7H2,1-2H3,(H,13,14). The van der Waals surface area contributed by atoms with Gasteiger partial charge in [-0.1, -0.05) is 0 Å². The second-order valence-corrected chi connectivity index (χ2v) is 5.15. The number of carbonyl (C=O) groups is 1. The molecule has 0 saturated heterocycles. The molecule has 1 aromatic rings. The molecule has 2 N–H and O–H groups in total. The molecular weight excluding hydrogens is 226 g/mol. The van der Waals surface area contributed by atoms with Crippen LogP contribution in [0.2, 0.25) is 0 Å². The van der Waals surface area contributed by atoms with Crippen molar-refractivity contribution in [3.8, 4) is 0 Å². The largest absolute Gasteiger partial charge is 0.478 e. The fourth-order valence-corrected chi connectivity index (χ4v) is 2.17. The van der Waals surface area contributed by atoms with Gasteiger partial charge < -0.3 is 10.4 Å². The van der Waals surface area contributed by atoms with Crippen LogP contribution in [0.3, 0.4) is 0 Å². The predicted octanol–water partition coefficient (Wildman–Crippen LogP) is 1.56. The molecule has 0 bridgehead atoms. The van der Waals surface area contributed by atoms with Crippen LogP contribution >= 0.6 is 0 Å². The zero-order chi connectivity index (χ0) is 12.1. The molecule has 2 atom stereocenters. The molecule has 0 fully saturated rings. The first kappa shape index (κ1) is 12.7. The van der Waals surface area contributed by atoms with Crippen molar-refractivity contribution >= 4 is 22.5 Å². The molecule has 0 spiro atoms. The third-order valence-corrected chi connectivity index (χ3v) is 3.00. The summed E-state index contributed by atoms with van der Waals surface area (Å²) in [5.41, 5.74) is 1.10. The van der Waals surface area contributed by atoms with Crippen LogP contribution in [0, 0.1) is 0 Å². The molecule has 0 radical (unpaired) electrons. The Labute approximate surface area is 97.1 Å². The maximum Gasteiger partial charge on any atom is 0.335 e. The van der Waals surface area contributed by atoms with Crippen molar-refractivity contribution in [3.63, 3.8) is 0 Å². The van der Waals surface area contributed by atoms with Crippen LogP contribution in [-0.2, 0) is 10.8 Å². The van der Waals surface area contributed by atoms with Gasteiger partial charge in [0.05, 0.1) is 5.56 Å². The van der Waals surface area contributed by atoms with E-state index in [9.17, 15) is 9.00 Å². The molecule has 0 aromatic heterocycles. The van der Waals surface area contributed by atoms with Crippen molar-refractivity contribution in [2.75, 3.05) is 17.3 Å². The van der Waals surface area contributed by atoms with E-state index >= 15 is 0 Å². The molecule has 0 aliphatic heterocycles. The lowest BCUT2D eigenvalue weighted by Crippen LogP contribution is -2.22. The number of carboxylic acids is 1. The lowest BCUT2D eigenvalue weighted by Gasteiger charge is -2.13. The SMILES string of the molecule is CC(CS(C)=O)Nc1ccc(C(=O)O)cc1. The Morgan fingerprint density at radius 2 is 2.00 bits per heavy atom. The quantitative estimate of drug-likeness (QED) is 0.821. The van der Waals surface area contributed by atoms with Gasteiger partial charge in [-0.3, -0.25) is 4.21 Å². The maximum atomic E-state index is 11.0. The van der Waals surface area contributed by atoms with Gasteiger partial charge in [-0.25, -0.2) is 4.79 Å². The first-order valence-corrected chi connectivity index (χ1v) is 6.61. The minimum absolute atomic E-state index is 0.0986. The number of anilines is 1. The number of carboxylic acid groups (broad SMARTS) is 1. The fourth-order valence-electron chi connectivity index (χ4n) is 1.39. The molecule has 1 rings (SSSR count). The zero-order valence-corrected chi connectivity index (χ0v) is 10.1. The predicted molar refractivity (Wildman–Crippen MR) is 65.4 cm³/mol. The Morgan fingerprint density at radius 1 is 1.44 bits per heavy atom. The summed E-state index contributed by atoms with van der Waals surface area (Å²) in [6.45, 7) is 1.94. The Morgan fingerprint density at radius 3 is 2.44 bits per heavy atom. The summed E-state index contributed by atoms with van der Waals surface area (Å²) >= 11 is 0. The van der Waals surface area contributed by atoms with E-state index in [2.05, 4.69) is 5.32 Å². The molecular formula is C11H15NO3S. The summed E-state index contributed by atoms with van der Waals surface area (Å²) in [6.07, 6.45) is 1.66. The summed E-state index contributed by atoms with van der Waals surface area (Å²) in [7, 11) is -0.838. The summed E-state index contributed by atoms with van der Waals surface area (Å²) < 4.78 is 11.0. The summed E-state index contributed by atoms with van der Waals surface area (Å²) in [5, 5.41) is 11.9. The van der Waals surface area contributed by atoms with Crippen LogP contribution in [0.1, 0.15) is 17.3 Å². The van der Waals surface area contributed by atoms with E-state index in [4.69, 9.17) is 5.11 Å². The van der Waals surface area contributed by atoms with Crippen LogP contribution in [0.15, 0.2) is 24.3 Å². The van der Waals surface area contributed by atoms with Gasteiger partial charge in [0.1, 0.15) is 0 Å². The Kier molecular flexibility index (Phi) is 4.49. The van der Waals surface area contributed by atoms with Gasteiger partial charge in [0.2, 0.25) is 0 Å². The van der Waals surface area contributed by atoms with Crippen molar-refractivity contribution in [3.05, 3.63) is 29.8 Å². The number of hydrogen-bond acceptors (Lipinski definition) is 3. The van der Waals surface area contributed by atoms with Crippen molar-refractivity contribution < 1.29 is 14.1 Å². The van der Waals surface area contributed by atoms with Crippen LogP contribution in [0.25, 0.3) is 0 Å². The number of rotatable bonds is 5. The van der Waals surface area contributed by atoms with Gasteiger partial charge in [0.15, 0.2) is 0 Å². The second kappa shape index (κ2) is 5.65. The molecule has 5 heteroatoms. The van der Waals surface area contributed by atoms with Crippen molar-refractivity contribution in [2.24, 2.45) is 0 Å². The van der Waals surface area contributed by atoms with Gasteiger partial charge >= 0.3 is 5.97 Å². The molecule has 0 heterocycles. The average molecular weight is 241 g/mol. The molecule has 16 heavy (non-hydrogen) atoms. The lowest BCUT2D eigenvalue weighted by molar-refractivity contribution is 0.0697. The van der Waals surface area contributed by atoms with E-state index in [1.54, 1.807) is 30.5 Å². The van der Waals surface area contributed by atoms with Gasteiger partial charge in [-0.2, -0.15) is 0 Å². The van der Waals surface area contributed by atoms with Crippen LogP contribution in [-0.4, -0.2) is 33.3 Å².